The Morgan fingerprint density at radius 3 is 2.31 bits per heavy atom. The average molecular weight is 455 g/mol. The molecule has 5 nitrogen and oxygen atoms in total. The quantitative estimate of drug-likeness (QED) is 0.312. The summed E-state index contributed by atoms with van der Waals surface area (Å²) >= 11 is 0. The van der Waals surface area contributed by atoms with Crippen molar-refractivity contribution in [2.75, 3.05) is 13.2 Å². The molecule has 172 valence electrons. The van der Waals surface area contributed by atoms with Crippen LogP contribution in [0.1, 0.15) is 28.8 Å². The van der Waals surface area contributed by atoms with Crippen LogP contribution in [-0.4, -0.2) is 38.1 Å². The SMILES string of the molecule is C[Si](C)(C)CCOC(=O)[C@H]1[C@H](CO)CC[C@@H]1C(=O)c1ccc(OCc2ccccc2)cc1. The van der Waals surface area contributed by atoms with Gasteiger partial charge < -0.3 is 14.6 Å². The Labute approximate surface area is 191 Å². The predicted octanol–water partition coefficient (Wildman–Crippen LogP) is 4.96. The number of ketones is 1. The number of hydrogen-bond donors (Lipinski definition) is 1. The topological polar surface area (TPSA) is 72.8 Å². The van der Waals surface area contributed by atoms with E-state index in [1.807, 2.05) is 30.3 Å². The summed E-state index contributed by atoms with van der Waals surface area (Å²) in [5, 5.41) is 9.77. The van der Waals surface area contributed by atoms with Crippen LogP contribution in [0.15, 0.2) is 54.6 Å². The summed E-state index contributed by atoms with van der Waals surface area (Å²) in [7, 11) is -1.32. The lowest BCUT2D eigenvalue weighted by Crippen LogP contribution is -2.33. The smallest absolute Gasteiger partial charge is 0.310 e. The van der Waals surface area contributed by atoms with Crippen LogP contribution in [0, 0.1) is 17.8 Å². The third-order valence-electron chi connectivity index (χ3n) is 6.12. The molecule has 3 rings (SSSR count). The van der Waals surface area contributed by atoms with Gasteiger partial charge in [0.2, 0.25) is 0 Å². The van der Waals surface area contributed by atoms with E-state index in [0.717, 1.165) is 11.6 Å². The van der Waals surface area contributed by atoms with Gasteiger partial charge in [-0.15, -0.1) is 0 Å². The Kier molecular flexibility index (Phi) is 8.26. The number of Topliss-reactive ketones (excluding diaryl/α,β-unsaturated/α-hetero) is 1. The minimum Gasteiger partial charge on any atom is -0.489 e. The zero-order chi connectivity index (χ0) is 23.1. The van der Waals surface area contributed by atoms with Gasteiger partial charge in [0.05, 0.1) is 12.5 Å². The molecule has 0 amide bonds. The summed E-state index contributed by atoms with van der Waals surface area (Å²) in [6.07, 6.45) is 1.24. The largest absolute Gasteiger partial charge is 0.489 e. The first kappa shape index (κ1) is 24.2. The van der Waals surface area contributed by atoms with Crippen LogP contribution in [0.5, 0.6) is 5.75 Å². The highest BCUT2D eigenvalue weighted by atomic mass is 28.3. The zero-order valence-corrected chi connectivity index (χ0v) is 20.3. The van der Waals surface area contributed by atoms with Crippen LogP contribution in [0.3, 0.4) is 0 Å². The predicted molar refractivity (Wildman–Crippen MR) is 127 cm³/mol. The molecule has 1 saturated carbocycles. The van der Waals surface area contributed by atoms with E-state index < -0.39 is 19.9 Å². The molecular weight excluding hydrogens is 420 g/mol. The highest BCUT2D eigenvalue weighted by Gasteiger charge is 2.45. The number of carbonyl (C=O) groups excluding carboxylic acids is 2. The molecule has 0 bridgehead atoms. The lowest BCUT2D eigenvalue weighted by molar-refractivity contribution is -0.150. The van der Waals surface area contributed by atoms with Gasteiger partial charge in [0, 0.05) is 26.2 Å². The fraction of sp³-hybridized carbons (Fsp3) is 0.462. The minimum absolute atomic E-state index is 0.0669. The molecule has 1 N–H and O–H groups in total. The van der Waals surface area contributed by atoms with Crippen molar-refractivity contribution >= 4 is 19.8 Å². The monoisotopic (exact) mass is 454 g/mol. The van der Waals surface area contributed by atoms with E-state index in [4.69, 9.17) is 9.47 Å². The Hall–Kier alpha value is -2.44. The van der Waals surface area contributed by atoms with Crippen LogP contribution in [-0.2, 0) is 16.1 Å². The minimum atomic E-state index is -1.32. The van der Waals surface area contributed by atoms with Gasteiger partial charge in [-0.2, -0.15) is 0 Å². The molecular formula is C26H34O5Si. The Morgan fingerprint density at radius 1 is 1.00 bits per heavy atom. The molecule has 3 atom stereocenters. The number of rotatable bonds is 10. The van der Waals surface area contributed by atoms with E-state index >= 15 is 0 Å². The first-order chi connectivity index (χ1) is 15.3. The first-order valence-electron chi connectivity index (χ1n) is 11.4. The fourth-order valence-electron chi connectivity index (χ4n) is 4.16. The fourth-order valence-corrected chi connectivity index (χ4v) is 4.88. The molecule has 0 aromatic heterocycles. The third kappa shape index (κ3) is 6.53. The van der Waals surface area contributed by atoms with Crippen molar-refractivity contribution in [1.82, 2.24) is 0 Å². The van der Waals surface area contributed by atoms with Gasteiger partial charge in [0.1, 0.15) is 12.4 Å². The first-order valence-corrected chi connectivity index (χ1v) is 15.1. The van der Waals surface area contributed by atoms with Crippen molar-refractivity contribution in [3.05, 3.63) is 65.7 Å². The second-order valence-corrected chi connectivity index (χ2v) is 15.4. The summed E-state index contributed by atoms with van der Waals surface area (Å²) in [6, 6.07) is 17.9. The van der Waals surface area contributed by atoms with Gasteiger partial charge in [-0.25, -0.2) is 0 Å². The molecule has 2 aromatic rings. The number of benzene rings is 2. The van der Waals surface area contributed by atoms with Gasteiger partial charge in [-0.05, 0) is 54.6 Å². The van der Waals surface area contributed by atoms with E-state index in [0.29, 0.717) is 37.4 Å². The lowest BCUT2D eigenvalue weighted by Gasteiger charge is -2.23. The van der Waals surface area contributed by atoms with E-state index in [9.17, 15) is 14.7 Å². The number of aliphatic hydroxyl groups excluding tert-OH is 1. The Bertz CT molecular complexity index is 889. The summed E-state index contributed by atoms with van der Waals surface area (Å²) in [5.41, 5.74) is 1.63. The third-order valence-corrected chi connectivity index (χ3v) is 7.82. The molecule has 1 aliphatic carbocycles. The summed E-state index contributed by atoms with van der Waals surface area (Å²) in [4.78, 5) is 26.1. The maximum absolute atomic E-state index is 13.2. The molecule has 6 heteroatoms. The van der Waals surface area contributed by atoms with Crippen LogP contribution in [0.2, 0.25) is 25.7 Å². The molecule has 0 unspecified atom stereocenters. The zero-order valence-electron chi connectivity index (χ0n) is 19.3. The molecule has 0 saturated heterocycles. The molecule has 0 spiro atoms. The van der Waals surface area contributed by atoms with Crippen molar-refractivity contribution in [2.24, 2.45) is 17.8 Å². The second kappa shape index (κ2) is 10.9. The van der Waals surface area contributed by atoms with E-state index in [1.165, 1.54) is 0 Å². The number of esters is 1. The standard InChI is InChI=1S/C26H34O5Si/c1-32(2,3)16-15-30-26(29)24-21(17-27)11-14-23(24)25(28)20-9-12-22(13-10-20)31-18-19-7-5-4-6-8-19/h4-10,12-13,21,23-24,27H,11,14-18H2,1-3H3/t21-,23-,24-/m0/s1. The molecule has 2 aromatic carbocycles. The van der Waals surface area contributed by atoms with Gasteiger partial charge >= 0.3 is 5.97 Å². The summed E-state index contributed by atoms with van der Waals surface area (Å²) < 4.78 is 11.4. The van der Waals surface area contributed by atoms with Crippen molar-refractivity contribution in [3.63, 3.8) is 0 Å². The lowest BCUT2D eigenvalue weighted by atomic mass is 9.84. The summed E-state index contributed by atoms with van der Waals surface area (Å²) in [6.45, 7) is 7.42. The molecule has 0 aliphatic heterocycles. The number of aliphatic hydroxyl groups is 1. The maximum atomic E-state index is 13.2. The van der Waals surface area contributed by atoms with Crippen molar-refractivity contribution in [3.8, 4) is 5.75 Å². The van der Waals surface area contributed by atoms with E-state index in [-0.39, 0.29) is 24.3 Å². The molecule has 0 heterocycles. The van der Waals surface area contributed by atoms with Crippen molar-refractivity contribution < 1.29 is 24.2 Å². The Morgan fingerprint density at radius 2 is 1.69 bits per heavy atom. The summed E-state index contributed by atoms with van der Waals surface area (Å²) in [5.74, 6) is -0.987. The molecule has 1 fully saturated rings. The van der Waals surface area contributed by atoms with Crippen LogP contribution >= 0.6 is 0 Å². The molecule has 1 aliphatic rings. The number of carbonyl (C=O) groups is 2. The number of ether oxygens (including phenoxy) is 2. The van der Waals surface area contributed by atoms with Crippen molar-refractivity contribution in [2.45, 2.75) is 45.1 Å². The normalized spacial score (nSPS) is 20.7. The highest BCUT2D eigenvalue weighted by molar-refractivity contribution is 6.76. The van der Waals surface area contributed by atoms with Gasteiger partial charge in [0.25, 0.3) is 0 Å². The van der Waals surface area contributed by atoms with Gasteiger partial charge in [-0.1, -0.05) is 50.0 Å². The average Bonchev–Trinajstić information content (AvgIpc) is 3.21. The van der Waals surface area contributed by atoms with Gasteiger partial charge in [0.15, 0.2) is 5.78 Å². The van der Waals surface area contributed by atoms with Crippen LogP contribution in [0.4, 0.5) is 0 Å². The highest BCUT2D eigenvalue weighted by Crippen LogP contribution is 2.40. The van der Waals surface area contributed by atoms with Crippen molar-refractivity contribution in [1.29, 1.82) is 0 Å². The molecule has 32 heavy (non-hydrogen) atoms. The van der Waals surface area contributed by atoms with E-state index in [1.54, 1.807) is 24.3 Å². The van der Waals surface area contributed by atoms with Gasteiger partial charge in [-0.3, -0.25) is 9.59 Å². The Balaban J connectivity index is 1.63. The second-order valence-electron chi connectivity index (χ2n) is 9.79. The number of hydrogen-bond acceptors (Lipinski definition) is 5. The van der Waals surface area contributed by atoms with Crippen LogP contribution in [0.25, 0.3) is 0 Å². The molecule has 0 radical (unpaired) electrons. The maximum Gasteiger partial charge on any atom is 0.310 e. The van der Waals surface area contributed by atoms with Crippen LogP contribution < -0.4 is 4.74 Å². The van der Waals surface area contributed by atoms with E-state index in [2.05, 4.69) is 19.6 Å².